The molecule has 2 aromatic carbocycles. The van der Waals surface area contributed by atoms with E-state index in [4.69, 9.17) is 27.9 Å². The zero-order valence-electron chi connectivity index (χ0n) is 14.1. The number of benzene rings is 2. The molecule has 0 aliphatic carbocycles. The molecule has 0 saturated carbocycles. The fraction of sp³-hybridized carbons (Fsp3) is 0.167. The summed E-state index contributed by atoms with van der Waals surface area (Å²) < 4.78 is 5.00. The molecule has 0 saturated heterocycles. The summed E-state index contributed by atoms with van der Waals surface area (Å²) in [6.07, 6.45) is 0.130. The zero-order chi connectivity index (χ0) is 19.6. The Hall–Kier alpha value is -2.61. The Morgan fingerprint density at radius 2 is 1.48 bits per heavy atom. The number of hydrogen-bond acceptors (Lipinski definition) is 4. The lowest BCUT2D eigenvalue weighted by molar-refractivity contribution is -0.133. The van der Waals surface area contributed by atoms with E-state index in [0.29, 0.717) is 10.7 Å². The molecule has 0 fully saturated rings. The topological polar surface area (TPSA) is 96.5 Å². The number of carbonyl (C=O) groups excluding carboxylic acids is 3. The number of amides is 3. The zero-order valence-corrected chi connectivity index (χ0v) is 15.6. The van der Waals surface area contributed by atoms with Crippen molar-refractivity contribution in [3.63, 3.8) is 0 Å². The van der Waals surface area contributed by atoms with Gasteiger partial charge in [0.15, 0.2) is 0 Å². The fourth-order valence-electron chi connectivity index (χ4n) is 2.02. The van der Waals surface area contributed by atoms with Crippen molar-refractivity contribution in [1.82, 2.24) is 10.9 Å². The summed E-state index contributed by atoms with van der Waals surface area (Å²) >= 11 is 11.8. The van der Waals surface area contributed by atoms with E-state index in [-0.39, 0.29) is 24.0 Å². The molecule has 0 unspecified atom stereocenters. The Labute approximate surface area is 166 Å². The number of hydrogen-bond donors (Lipinski definition) is 3. The lowest BCUT2D eigenvalue weighted by atomic mass is 10.1. The average Bonchev–Trinajstić information content (AvgIpc) is 2.65. The van der Waals surface area contributed by atoms with Crippen LogP contribution in [0.3, 0.4) is 0 Å². The summed E-state index contributed by atoms with van der Waals surface area (Å²) in [5.74, 6) is -1.46. The van der Waals surface area contributed by atoms with Crippen molar-refractivity contribution >= 4 is 46.6 Å². The van der Waals surface area contributed by atoms with Crippen LogP contribution in [0.5, 0.6) is 0 Å². The highest BCUT2D eigenvalue weighted by molar-refractivity contribution is 6.43. The minimum Gasteiger partial charge on any atom is -0.362 e. The predicted octanol–water partition coefficient (Wildman–Crippen LogP) is 2.34. The van der Waals surface area contributed by atoms with E-state index in [1.165, 1.54) is 0 Å². The van der Waals surface area contributed by atoms with Crippen LogP contribution in [0, 0.1) is 0 Å². The van der Waals surface area contributed by atoms with Crippen LogP contribution >= 0.6 is 23.2 Å². The van der Waals surface area contributed by atoms with Gasteiger partial charge in [0.05, 0.1) is 22.2 Å². The Bertz CT molecular complexity index is 816. The summed E-state index contributed by atoms with van der Waals surface area (Å²) in [4.78, 5) is 35.1. The number of rotatable bonds is 7. The van der Waals surface area contributed by atoms with Crippen molar-refractivity contribution in [3.8, 4) is 0 Å². The lowest BCUT2D eigenvalue weighted by Crippen LogP contribution is -2.44. The maximum Gasteiger partial charge on any atom is 0.264 e. The van der Waals surface area contributed by atoms with Crippen LogP contribution in [0.1, 0.15) is 5.56 Å². The van der Waals surface area contributed by atoms with Gasteiger partial charge in [-0.1, -0.05) is 59.6 Å². The number of hydrazine groups is 1. The van der Waals surface area contributed by atoms with Crippen molar-refractivity contribution < 1.29 is 19.1 Å². The standard InChI is InChI=1S/C18H17Cl2N3O4/c19-13-7-4-8-14(18(13)20)21-16(25)10-27-11-17(26)23-22-15(24)9-12-5-2-1-3-6-12/h1-8H,9-11H2,(H,21,25)(H,22,24)(H,23,26). The molecule has 0 aliphatic heterocycles. The first kappa shape index (κ1) is 20.7. The van der Waals surface area contributed by atoms with Crippen molar-refractivity contribution in [2.45, 2.75) is 6.42 Å². The summed E-state index contributed by atoms with van der Waals surface area (Å²) in [6, 6.07) is 13.9. The van der Waals surface area contributed by atoms with E-state index in [2.05, 4.69) is 16.2 Å². The first-order valence-electron chi connectivity index (χ1n) is 7.89. The van der Waals surface area contributed by atoms with Gasteiger partial charge in [-0.15, -0.1) is 0 Å². The molecule has 0 bridgehead atoms. The molecule has 3 amide bonds. The van der Waals surface area contributed by atoms with E-state index in [9.17, 15) is 14.4 Å². The average molecular weight is 410 g/mol. The Morgan fingerprint density at radius 3 is 2.22 bits per heavy atom. The molecule has 2 aromatic rings. The third-order valence-corrected chi connectivity index (χ3v) is 4.06. The van der Waals surface area contributed by atoms with Crippen LogP contribution in [-0.2, 0) is 25.5 Å². The van der Waals surface area contributed by atoms with Gasteiger partial charge in [0.25, 0.3) is 5.91 Å². The minimum absolute atomic E-state index is 0.130. The monoisotopic (exact) mass is 409 g/mol. The number of halogens is 2. The van der Waals surface area contributed by atoms with Crippen LogP contribution in [0.4, 0.5) is 5.69 Å². The highest BCUT2D eigenvalue weighted by Crippen LogP contribution is 2.29. The van der Waals surface area contributed by atoms with Gasteiger partial charge in [0.1, 0.15) is 13.2 Å². The number of carbonyl (C=O) groups is 3. The first-order valence-corrected chi connectivity index (χ1v) is 8.64. The predicted molar refractivity (Wildman–Crippen MR) is 102 cm³/mol. The summed E-state index contributed by atoms with van der Waals surface area (Å²) in [5.41, 5.74) is 5.64. The minimum atomic E-state index is -0.593. The molecule has 27 heavy (non-hydrogen) atoms. The van der Waals surface area contributed by atoms with Crippen LogP contribution in [-0.4, -0.2) is 30.9 Å². The molecule has 0 spiro atoms. The van der Waals surface area contributed by atoms with E-state index in [1.807, 2.05) is 18.2 Å². The molecule has 3 N–H and O–H groups in total. The van der Waals surface area contributed by atoms with E-state index >= 15 is 0 Å². The lowest BCUT2D eigenvalue weighted by Gasteiger charge is -2.09. The van der Waals surface area contributed by atoms with E-state index < -0.39 is 18.4 Å². The molecule has 2 rings (SSSR count). The van der Waals surface area contributed by atoms with Gasteiger partial charge in [0.2, 0.25) is 11.8 Å². The summed E-state index contributed by atoms with van der Waals surface area (Å²) in [7, 11) is 0. The Balaban J connectivity index is 1.64. The summed E-state index contributed by atoms with van der Waals surface area (Å²) in [5, 5.41) is 3.04. The molecule has 0 atom stereocenters. The second kappa shape index (κ2) is 10.5. The van der Waals surface area contributed by atoms with Crippen LogP contribution in [0.15, 0.2) is 48.5 Å². The van der Waals surface area contributed by atoms with Crippen LogP contribution in [0.25, 0.3) is 0 Å². The maximum atomic E-state index is 11.8. The van der Waals surface area contributed by atoms with Gasteiger partial charge in [-0.05, 0) is 17.7 Å². The largest absolute Gasteiger partial charge is 0.362 e. The van der Waals surface area contributed by atoms with Gasteiger partial charge in [0, 0.05) is 0 Å². The number of anilines is 1. The maximum absolute atomic E-state index is 11.8. The normalized spacial score (nSPS) is 10.1. The molecular weight excluding hydrogens is 393 g/mol. The highest BCUT2D eigenvalue weighted by atomic mass is 35.5. The molecule has 0 radical (unpaired) electrons. The van der Waals surface area contributed by atoms with E-state index in [0.717, 1.165) is 5.56 Å². The third kappa shape index (κ3) is 7.26. The first-order chi connectivity index (χ1) is 13.0. The van der Waals surface area contributed by atoms with Gasteiger partial charge in [-0.2, -0.15) is 0 Å². The molecular formula is C18H17Cl2N3O4. The van der Waals surface area contributed by atoms with Crippen molar-refractivity contribution in [2.75, 3.05) is 18.5 Å². The Kier molecular flexibility index (Phi) is 8.06. The molecule has 0 heterocycles. The molecule has 9 heteroatoms. The number of nitrogens with one attached hydrogen (secondary N) is 3. The fourth-order valence-corrected chi connectivity index (χ4v) is 2.37. The van der Waals surface area contributed by atoms with Crippen LogP contribution in [0.2, 0.25) is 10.0 Å². The van der Waals surface area contributed by atoms with Crippen molar-refractivity contribution in [1.29, 1.82) is 0 Å². The van der Waals surface area contributed by atoms with Gasteiger partial charge in [-0.25, -0.2) is 0 Å². The third-order valence-electron chi connectivity index (χ3n) is 3.24. The van der Waals surface area contributed by atoms with Crippen molar-refractivity contribution in [3.05, 3.63) is 64.1 Å². The summed E-state index contributed by atoms with van der Waals surface area (Å²) in [6.45, 7) is -0.767. The quantitative estimate of drug-likeness (QED) is 0.611. The van der Waals surface area contributed by atoms with Crippen LogP contribution < -0.4 is 16.2 Å². The second-order valence-electron chi connectivity index (χ2n) is 5.40. The smallest absolute Gasteiger partial charge is 0.264 e. The van der Waals surface area contributed by atoms with Crippen molar-refractivity contribution in [2.24, 2.45) is 0 Å². The van der Waals surface area contributed by atoms with Gasteiger partial charge >= 0.3 is 0 Å². The molecule has 0 aliphatic rings. The Morgan fingerprint density at radius 1 is 0.815 bits per heavy atom. The second-order valence-corrected chi connectivity index (χ2v) is 6.19. The molecule has 7 nitrogen and oxygen atoms in total. The molecule has 142 valence electrons. The highest BCUT2D eigenvalue weighted by Gasteiger charge is 2.10. The molecule has 0 aromatic heterocycles. The van der Waals surface area contributed by atoms with Gasteiger partial charge < -0.3 is 10.1 Å². The number of ether oxygens (including phenoxy) is 1. The van der Waals surface area contributed by atoms with Gasteiger partial charge in [-0.3, -0.25) is 25.2 Å². The van der Waals surface area contributed by atoms with E-state index in [1.54, 1.807) is 30.3 Å². The SMILES string of the molecule is O=C(COCC(=O)Nc1cccc(Cl)c1Cl)NNC(=O)Cc1ccccc1.